The molecule has 94 valence electrons. The van der Waals surface area contributed by atoms with Gasteiger partial charge in [-0.3, -0.25) is 0 Å². The Balaban J connectivity index is 1.84. The molecule has 0 bridgehead atoms. The summed E-state index contributed by atoms with van der Waals surface area (Å²) in [6, 6.07) is 0. The zero-order valence-electron chi connectivity index (χ0n) is 10.6. The third-order valence-corrected chi connectivity index (χ3v) is 4.59. The molecule has 2 aliphatic rings. The Bertz CT molecular complexity index is 200. The molecule has 1 aliphatic carbocycles. The third-order valence-electron chi connectivity index (χ3n) is 4.59. The van der Waals surface area contributed by atoms with Crippen LogP contribution in [-0.2, 0) is 9.47 Å². The average Bonchev–Trinajstić information content (AvgIpc) is 2.40. The third kappa shape index (κ3) is 2.58. The predicted molar refractivity (Wildman–Crippen MR) is 64.3 cm³/mol. The number of nitrogens with one attached hydrogen (secondary N) is 1. The van der Waals surface area contributed by atoms with Crippen LogP contribution in [0.5, 0.6) is 0 Å². The SMILES string of the molecule is COC1(OC)CCC(C2CCNCC2)CC1. The Morgan fingerprint density at radius 1 is 0.875 bits per heavy atom. The molecule has 1 saturated carbocycles. The smallest absolute Gasteiger partial charge is 0.167 e. The molecule has 2 fully saturated rings. The van der Waals surface area contributed by atoms with Crippen molar-refractivity contribution in [2.45, 2.75) is 44.3 Å². The molecule has 0 radical (unpaired) electrons. The molecule has 0 aromatic heterocycles. The van der Waals surface area contributed by atoms with Crippen LogP contribution in [0, 0.1) is 11.8 Å². The molecule has 1 N–H and O–H groups in total. The fourth-order valence-corrected chi connectivity index (χ4v) is 3.36. The molecule has 3 heteroatoms. The monoisotopic (exact) mass is 227 g/mol. The lowest BCUT2D eigenvalue weighted by atomic mass is 9.74. The molecule has 1 heterocycles. The molecule has 3 nitrogen and oxygen atoms in total. The molecule has 1 aliphatic heterocycles. The molecule has 0 unspecified atom stereocenters. The molecule has 0 spiro atoms. The fraction of sp³-hybridized carbons (Fsp3) is 1.00. The second kappa shape index (κ2) is 5.48. The molecule has 2 rings (SSSR count). The van der Waals surface area contributed by atoms with Gasteiger partial charge in [0.05, 0.1) is 0 Å². The second-order valence-electron chi connectivity index (χ2n) is 5.24. The lowest BCUT2D eigenvalue weighted by molar-refractivity contribution is -0.229. The maximum absolute atomic E-state index is 5.53. The van der Waals surface area contributed by atoms with Crippen molar-refractivity contribution in [2.24, 2.45) is 11.8 Å². The van der Waals surface area contributed by atoms with E-state index in [1.807, 2.05) is 0 Å². The summed E-state index contributed by atoms with van der Waals surface area (Å²) in [4.78, 5) is 0. The van der Waals surface area contributed by atoms with E-state index in [0.29, 0.717) is 0 Å². The van der Waals surface area contributed by atoms with Crippen molar-refractivity contribution in [1.82, 2.24) is 5.32 Å². The van der Waals surface area contributed by atoms with Gasteiger partial charge in [0.15, 0.2) is 5.79 Å². The van der Waals surface area contributed by atoms with Crippen LogP contribution in [0.3, 0.4) is 0 Å². The first-order valence-electron chi connectivity index (χ1n) is 6.61. The molecule has 0 aromatic rings. The summed E-state index contributed by atoms with van der Waals surface area (Å²) in [7, 11) is 3.54. The Hall–Kier alpha value is -0.120. The highest BCUT2D eigenvalue weighted by Crippen LogP contribution is 2.40. The number of rotatable bonds is 3. The quantitative estimate of drug-likeness (QED) is 0.750. The van der Waals surface area contributed by atoms with Crippen LogP contribution in [0.25, 0.3) is 0 Å². The standard InChI is InChI=1S/C13H25NO2/c1-15-13(16-2)7-3-11(4-8-13)12-5-9-14-10-6-12/h11-12,14H,3-10H2,1-2H3. The largest absolute Gasteiger partial charge is 0.353 e. The van der Waals surface area contributed by atoms with Gasteiger partial charge < -0.3 is 14.8 Å². The van der Waals surface area contributed by atoms with Crippen molar-refractivity contribution in [3.05, 3.63) is 0 Å². The highest BCUT2D eigenvalue weighted by molar-refractivity contribution is 4.84. The van der Waals surface area contributed by atoms with Crippen molar-refractivity contribution in [3.8, 4) is 0 Å². The van der Waals surface area contributed by atoms with Crippen molar-refractivity contribution in [3.63, 3.8) is 0 Å². The maximum Gasteiger partial charge on any atom is 0.167 e. The summed E-state index contributed by atoms with van der Waals surface area (Å²) in [6.45, 7) is 2.42. The zero-order chi connectivity index (χ0) is 11.4. The van der Waals surface area contributed by atoms with Gasteiger partial charge in [0.1, 0.15) is 0 Å². The van der Waals surface area contributed by atoms with Crippen LogP contribution in [0.15, 0.2) is 0 Å². The minimum Gasteiger partial charge on any atom is -0.353 e. The number of hydrogen-bond acceptors (Lipinski definition) is 3. The summed E-state index contributed by atoms with van der Waals surface area (Å²) in [5.74, 6) is 1.57. The average molecular weight is 227 g/mol. The van der Waals surface area contributed by atoms with E-state index < -0.39 is 0 Å². The normalized spacial score (nSPS) is 28.1. The van der Waals surface area contributed by atoms with E-state index in [2.05, 4.69) is 5.32 Å². The number of piperidine rings is 1. The van der Waals surface area contributed by atoms with E-state index in [1.54, 1.807) is 14.2 Å². The molecule has 1 saturated heterocycles. The molecule has 0 atom stereocenters. The summed E-state index contributed by atoms with van der Waals surface area (Å²) in [5, 5.41) is 3.44. The summed E-state index contributed by atoms with van der Waals surface area (Å²) in [5.41, 5.74) is 0. The van der Waals surface area contributed by atoms with Gasteiger partial charge >= 0.3 is 0 Å². The zero-order valence-corrected chi connectivity index (χ0v) is 10.6. The maximum atomic E-state index is 5.53. The van der Waals surface area contributed by atoms with Gasteiger partial charge in [0.25, 0.3) is 0 Å². The van der Waals surface area contributed by atoms with Crippen molar-refractivity contribution < 1.29 is 9.47 Å². The van der Waals surface area contributed by atoms with E-state index in [0.717, 1.165) is 24.7 Å². The van der Waals surface area contributed by atoms with Crippen LogP contribution in [0.2, 0.25) is 0 Å². The molecule has 16 heavy (non-hydrogen) atoms. The Labute approximate surface area is 98.9 Å². The molecule has 0 aromatic carbocycles. The minimum atomic E-state index is -0.274. The first-order chi connectivity index (χ1) is 7.79. The Morgan fingerprint density at radius 3 is 1.88 bits per heavy atom. The Morgan fingerprint density at radius 2 is 1.38 bits per heavy atom. The lowest BCUT2D eigenvalue weighted by Gasteiger charge is -2.41. The van der Waals surface area contributed by atoms with E-state index in [1.165, 1.54) is 38.8 Å². The Kier molecular flexibility index (Phi) is 4.22. The van der Waals surface area contributed by atoms with Crippen LogP contribution in [-0.4, -0.2) is 33.1 Å². The van der Waals surface area contributed by atoms with E-state index in [-0.39, 0.29) is 5.79 Å². The van der Waals surface area contributed by atoms with Gasteiger partial charge in [-0.25, -0.2) is 0 Å². The lowest BCUT2D eigenvalue weighted by Crippen LogP contribution is -2.41. The van der Waals surface area contributed by atoms with Gasteiger partial charge in [-0.15, -0.1) is 0 Å². The van der Waals surface area contributed by atoms with Gasteiger partial charge in [-0.2, -0.15) is 0 Å². The van der Waals surface area contributed by atoms with Gasteiger partial charge in [-0.05, 0) is 50.6 Å². The molecule has 0 amide bonds. The van der Waals surface area contributed by atoms with Gasteiger partial charge in [-0.1, -0.05) is 0 Å². The van der Waals surface area contributed by atoms with Crippen LogP contribution < -0.4 is 5.32 Å². The van der Waals surface area contributed by atoms with Gasteiger partial charge in [0, 0.05) is 27.1 Å². The van der Waals surface area contributed by atoms with Crippen LogP contribution in [0.4, 0.5) is 0 Å². The number of hydrogen-bond donors (Lipinski definition) is 1. The summed E-state index contributed by atoms with van der Waals surface area (Å²) in [6.07, 6.45) is 7.39. The van der Waals surface area contributed by atoms with Crippen molar-refractivity contribution in [1.29, 1.82) is 0 Å². The topological polar surface area (TPSA) is 30.5 Å². The molecular formula is C13H25NO2. The summed E-state index contributed by atoms with van der Waals surface area (Å²) < 4.78 is 11.1. The fourth-order valence-electron chi connectivity index (χ4n) is 3.36. The first-order valence-corrected chi connectivity index (χ1v) is 6.61. The van der Waals surface area contributed by atoms with E-state index in [4.69, 9.17) is 9.47 Å². The highest BCUT2D eigenvalue weighted by Gasteiger charge is 2.37. The van der Waals surface area contributed by atoms with E-state index >= 15 is 0 Å². The van der Waals surface area contributed by atoms with E-state index in [9.17, 15) is 0 Å². The predicted octanol–water partition coefficient (Wildman–Crippen LogP) is 2.17. The number of ether oxygens (including phenoxy) is 2. The second-order valence-corrected chi connectivity index (χ2v) is 5.24. The highest BCUT2D eigenvalue weighted by atomic mass is 16.7. The first kappa shape index (κ1) is 12.3. The van der Waals surface area contributed by atoms with Gasteiger partial charge in [0.2, 0.25) is 0 Å². The number of methoxy groups -OCH3 is 2. The van der Waals surface area contributed by atoms with Crippen molar-refractivity contribution >= 4 is 0 Å². The minimum absolute atomic E-state index is 0.274. The summed E-state index contributed by atoms with van der Waals surface area (Å²) >= 11 is 0. The van der Waals surface area contributed by atoms with Crippen molar-refractivity contribution in [2.75, 3.05) is 27.3 Å². The molecular weight excluding hydrogens is 202 g/mol. The van der Waals surface area contributed by atoms with Crippen LogP contribution >= 0.6 is 0 Å². The van der Waals surface area contributed by atoms with Crippen LogP contribution in [0.1, 0.15) is 38.5 Å².